The highest BCUT2D eigenvalue weighted by Gasteiger charge is 2.26. The van der Waals surface area contributed by atoms with Crippen LogP contribution in [-0.4, -0.2) is 30.6 Å². The molecule has 1 aromatic heterocycles. The molecule has 16 heavy (non-hydrogen) atoms. The molecule has 0 saturated carbocycles. The molecule has 90 valence electrons. The minimum absolute atomic E-state index is 0.104. The summed E-state index contributed by atoms with van der Waals surface area (Å²) in [5.74, 6) is 0.496. The molecule has 0 aliphatic rings. The van der Waals surface area contributed by atoms with Gasteiger partial charge in [0, 0.05) is 17.8 Å². The highest BCUT2D eigenvalue weighted by molar-refractivity contribution is 9.10. The zero-order valence-corrected chi connectivity index (χ0v) is 10.8. The van der Waals surface area contributed by atoms with Gasteiger partial charge in [0.05, 0.1) is 12.1 Å². The average molecular weight is 291 g/mol. The Kier molecular flexibility index (Phi) is 4.67. The van der Waals surface area contributed by atoms with Gasteiger partial charge in [0.1, 0.15) is 11.4 Å². The van der Waals surface area contributed by atoms with Gasteiger partial charge in [-0.2, -0.15) is 0 Å². The van der Waals surface area contributed by atoms with Crippen LogP contribution in [0.2, 0.25) is 0 Å². The molecular formula is C10H15BrN2O3. The number of nitrogens with zero attached hydrogens (tertiary/aromatic N) is 1. The van der Waals surface area contributed by atoms with E-state index >= 15 is 0 Å². The first-order chi connectivity index (χ1) is 7.51. The number of rotatable bonds is 5. The molecule has 0 aromatic carbocycles. The molecule has 0 radical (unpaired) electrons. The minimum atomic E-state index is -0.941. The summed E-state index contributed by atoms with van der Waals surface area (Å²) in [6.07, 6.45) is 1.61. The summed E-state index contributed by atoms with van der Waals surface area (Å²) in [6.45, 7) is 1.57. The number of ether oxygens (including phenoxy) is 2. The van der Waals surface area contributed by atoms with E-state index in [1.165, 1.54) is 7.11 Å². The molecule has 0 bridgehead atoms. The van der Waals surface area contributed by atoms with Crippen LogP contribution in [0.15, 0.2) is 16.7 Å². The van der Waals surface area contributed by atoms with Gasteiger partial charge in [-0.3, -0.25) is 4.98 Å². The van der Waals surface area contributed by atoms with Crippen molar-refractivity contribution in [3.63, 3.8) is 0 Å². The van der Waals surface area contributed by atoms with E-state index in [1.807, 2.05) is 0 Å². The van der Waals surface area contributed by atoms with Crippen LogP contribution < -0.4 is 10.5 Å². The van der Waals surface area contributed by atoms with Crippen molar-refractivity contribution in [2.45, 2.75) is 12.5 Å². The fourth-order valence-electron chi connectivity index (χ4n) is 1.16. The van der Waals surface area contributed by atoms with Crippen LogP contribution in [0.4, 0.5) is 0 Å². The van der Waals surface area contributed by atoms with Crippen LogP contribution in [-0.2, 0) is 10.3 Å². The Morgan fingerprint density at radius 1 is 1.62 bits per heavy atom. The van der Waals surface area contributed by atoms with Crippen LogP contribution >= 0.6 is 15.9 Å². The summed E-state index contributed by atoms with van der Waals surface area (Å²) in [6, 6.07) is 1.74. The van der Waals surface area contributed by atoms with Crippen LogP contribution in [0.3, 0.4) is 0 Å². The number of nitrogens with two attached hydrogens (primary N) is 1. The lowest BCUT2D eigenvalue weighted by atomic mass is 9.99. The van der Waals surface area contributed by atoms with E-state index in [0.717, 1.165) is 4.47 Å². The highest BCUT2D eigenvalue weighted by atomic mass is 79.9. The lowest BCUT2D eigenvalue weighted by Gasteiger charge is -2.23. The molecule has 0 amide bonds. The monoisotopic (exact) mass is 290 g/mol. The molecule has 0 saturated heterocycles. The molecule has 0 spiro atoms. The summed E-state index contributed by atoms with van der Waals surface area (Å²) >= 11 is 3.29. The van der Waals surface area contributed by atoms with Gasteiger partial charge in [0.25, 0.3) is 0 Å². The number of pyridine rings is 1. The Labute approximate surface area is 103 Å². The first-order valence-electron chi connectivity index (χ1n) is 4.68. The van der Waals surface area contributed by atoms with Crippen molar-refractivity contribution in [1.82, 2.24) is 4.98 Å². The highest BCUT2D eigenvalue weighted by Crippen LogP contribution is 2.28. The molecule has 5 nitrogen and oxygen atoms in total. The Morgan fingerprint density at radius 2 is 2.31 bits per heavy atom. The van der Waals surface area contributed by atoms with Crippen LogP contribution in [0.25, 0.3) is 0 Å². The normalized spacial score (nSPS) is 14.6. The van der Waals surface area contributed by atoms with Gasteiger partial charge in [0.2, 0.25) is 0 Å². The molecule has 1 rings (SSSR count). The standard InChI is InChI=1S/C10H15BrN2O3/c1-10(12,5-14)9-8(16-6-15-2)3-7(11)4-13-9/h3-4,14H,5-6,12H2,1-2H3. The zero-order chi connectivity index (χ0) is 12.2. The van der Waals surface area contributed by atoms with Crippen molar-refractivity contribution in [3.05, 3.63) is 22.4 Å². The number of aromatic nitrogens is 1. The number of aliphatic hydroxyl groups is 1. The lowest BCUT2D eigenvalue weighted by molar-refractivity contribution is 0.0483. The Morgan fingerprint density at radius 3 is 2.88 bits per heavy atom. The van der Waals surface area contributed by atoms with E-state index in [2.05, 4.69) is 20.9 Å². The summed E-state index contributed by atoms with van der Waals surface area (Å²) in [5.41, 5.74) is 5.47. The molecule has 1 aromatic rings. The second kappa shape index (κ2) is 5.58. The van der Waals surface area contributed by atoms with E-state index in [9.17, 15) is 5.11 Å². The third kappa shape index (κ3) is 3.15. The quantitative estimate of drug-likeness (QED) is 0.791. The average Bonchev–Trinajstić information content (AvgIpc) is 2.26. The Bertz CT molecular complexity index is 358. The SMILES string of the molecule is COCOc1cc(Br)cnc1C(C)(N)CO. The van der Waals surface area contributed by atoms with Gasteiger partial charge in [-0.15, -0.1) is 0 Å². The minimum Gasteiger partial charge on any atom is -0.466 e. The summed E-state index contributed by atoms with van der Waals surface area (Å²) in [4.78, 5) is 4.16. The van der Waals surface area contributed by atoms with Crippen LogP contribution in [0.1, 0.15) is 12.6 Å². The molecule has 1 atom stereocenters. The molecule has 1 unspecified atom stereocenters. The molecule has 3 N–H and O–H groups in total. The van der Waals surface area contributed by atoms with Gasteiger partial charge < -0.3 is 20.3 Å². The van der Waals surface area contributed by atoms with Gasteiger partial charge in [-0.25, -0.2) is 0 Å². The Hall–Kier alpha value is -0.690. The third-order valence-corrected chi connectivity index (χ3v) is 2.45. The molecule has 0 aliphatic heterocycles. The number of methoxy groups -OCH3 is 1. The van der Waals surface area contributed by atoms with E-state index in [0.29, 0.717) is 11.4 Å². The maximum Gasteiger partial charge on any atom is 0.188 e. The summed E-state index contributed by atoms with van der Waals surface area (Å²) < 4.78 is 10.9. The van der Waals surface area contributed by atoms with Crippen molar-refractivity contribution >= 4 is 15.9 Å². The number of hydrogen-bond acceptors (Lipinski definition) is 5. The van der Waals surface area contributed by atoms with Crippen molar-refractivity contribution in [2.75, 3.05) is 20.5 Å². The van der Waals surface area contributed by atoms with E-state index in [4.69, 9.17) is 15.2 Å². The summed E-state index contributed by atoms with van der Waals surface area (Å²) in [7, 11) is 1.53. The topological polar surface area (TPSA) is 77.6 Å². The zero-order valence-electron chi connectivity index (χ0n) is 9.24. The molecule has 1 heterocycles. The van der Waals surface area contributed by atoms with E-state index < -0.39 is 5.54 Å². The smallest absolute Gasteiger partial charge is 0.188 e. The second-order valence-corrected chi connectivity index (χ2v) is 4.54. The van der Waals surface area contributed by atoms with Crippen molar-refractivity contribution in [1.29, 1.82) is 0 Å². The van der Waals surface area contributed by atoms with Gasteiger partial charge >= 0.3 is 0 Å². The molecule has 0 fully saturated rings. The Balaban J connectivity index is 3.07. The van der Waals surface area contributed by atoms with Crippen LogP contribution in [0.5, 0.6) is 5.75 Å². The molecule has 6 heteroatoms. The number of aliphatic hydroxyl groups excluding tert-OH is 1. The van der Waals surface area contributed by atoms with Crippen molar-refractivity contribution in [2.24, 2.45) is 5.73 Å². The molecular weight excluding hydrogens is 276 g/mol. The number of hydrogen-bond donors (Lipinski definition) is 2. The fraction of sp³-hybridized carbons (Fsp3) is 0.500. The van der Waals surface area contributed by atoms with Gasteiger partial charge in [-0.05, 0) is 28.9 Å². The summed E-state index contributed by atoms with van der Waals surface area (Å²) in [5, 5.41) is 9.20. The first kappa shape index (κ1) is 13.4. The lowest BCUT2D eigenvalue weighted by Crippen LogP contribution is -2.38. The van der Waals surface area contributed by atoms with Gasteiger partial charge in [0.15, 0.2) is 6.79 Å². The second-order valence-electron chi connectivity index (χ2n) is 3.63. The maximum atomic E-state index is 9.20. The first-order valence-corrected chi connectivity index (χ1v) is 5.48. The predicted molar refractivity (Wildman–Crippen MR) is 63.1 cm³/mol. The largest absolute Gasteiger partial charge is 0.466 e. The maximum absolute atomic E-state index is 9.20. The molecule has 0 aliphatic carbocycles. The van der Waals surface area contributed by atoms with Crippen LogP contribution in [0, 0.1) is 0 Å². The van der Waals surface area contributed by atoms with Crippen molar-refractivity contribution in [3.8, 4) is 5.75 Å². The van der Waals surface area contributed by atoms with Crippen molar-refractivity contribution < 1.29 is 14.6 Å². The number of halogens is 1. The fourth-order valence-corrected chi connectivity index (χ4v) is 1.47. The van der Waals surface area contributed by atoms with Gasteiger partial charge in [-0.1, -0.05) is 0 Å². The van der Waals surface area contributed by atoms with E-state index in [-0.39, 0.29) is 13.4 Å². The predicted octanol–water partition coefficient (Wildman–Crippen LogP) is 0.993. The van der Waals surface area contributed by atoms with E-state index in [1.54, 1.807) is 19.2 Å². The third-order valence-electron chi connectivity index (χ3n) is 2.02.